The van der Waals surface area contributed by atoms with Crippen LogP contribution in [0.3, 0.4) is 0 Å². The summed E-state index contributed by atoms with van der Waals surface area (Å²) in [6.45, 7) is 4.78. The molecule has 0 bridgehead atoms. The molecule has 53 heavy (non-hydrogen) atoms. The van der Waals surface area contributed by atoms with Crippen molar-refractivity contribution in [3.05, 3.63) is 193 Å². The quantitative estimate of drug-likeness (QED) is 0.175. The van der Waals surface area contributed by atoms with E-state index in [-0.39, 0.29) is 5.41 Å². The second-order valence-corrected chi connectivity index (χ2v) is 15.2. The van der Waals surface area contributed by atoms with Crippen molar-refractivity contribution < 1.29 is 0 Å². The van der Waals surface area contributed by atoms with E-state index < -0.39 is 0 Å². The van der Waals surface area contributed by atoms with Crippen LogP contribution in [0.4, 0.5) is 0 Å². The van der Waals surface area contributed by atoms with E-state index in [0.29, 0.717) is 0 Å². The summed E-state index contributed by atoms with van der Waals surface area (Å²) in [4.78, 5) is 0. The van der Waals surface area contributed by atoms with Gasteiger partial charge in [0.2, 0.25) is 0 Å². The molecule has 0 saturated heterocycles. The van der Waals surface area contributed by atoms with Crippen LogP contribution in [-0.4, -0.2) is 0 Å². The molecule has 9 aromatic rings. The van der Waals surface area contributed by atoms with Crippen LogP contribution in [0.2, 0.25) is 0 Å². The smallest absolute Gasteiger partial charge is 0.0159 e. The van der Waals surface area contributed by atoms with E-state index in [1.54, 1.807) is 0 Å². The lowest BCUT2D eigenvalue weighted by Gasteiger charge is -2.23. The summed E-state index contributed by atoms with van der Waals surface area (Å²) in [5, 5.41) is 5.20. The fourth-order valence-electron chi connectivity index (χ4n) is 9.51. The van der Waals surface area contributed by atoms with Crippen molar-refractivity contribution in [3.63, 3.8) is 0 Å². The van der Waals surface area contributed by atoms with Gasteiger partial charge in [-0.25, -0.2) is 0 Å². The average molecular weight is 673 g/mol. The largest absolute Gasteiger partial charge is 0.0622 e. The van der Waals surface area contributed by atoms with Crippen LogP contribution >= 0.6 is 0 Å². The summed E-state index contributed by atoms with van der Waals surface area (Å²) in [6, 6.07) is 67.8. The Kier molecular flexibility index (Phi) is 6.40. The Hall–Kier alpha value is -6.50. The fraction of sp³-hybridized carbons (Fsp3) is 0.0566. The van der Waals surface area contributed by atoms with Crippen molar-refractivity contribution >= 4 is 21.5 Å². The molecule has 0 spiro atoms. The molecule has 0 aliphatic heterocycles. The predicted octanol–water partition coefficient (Wildman–Crippen LogP) is 14.6. The topological polar surface area (TPSA) is 0 Å². The van der Waals surface area contributed by atoms with Crippen LogP contribution in [-0.2, 0) is 5.41 Å². The average Bonchev–Trinajstić information content (AvgIpc) is 3.66. The minimum atomic E-state index is -0.122. The molecule has 0 heterocycles. The van der Waals surface area contributed by atoms with Gasteiger partial charge in [-0.2, -0.15) is 0 Å². The Labute approximate surface area is 310 Å². The van der Waals surface area contributed by atoms with Gasteiger partial charge in [-0.1, -0.05) is 172 Å². The molecular formula is C53H36. The molecule has 9 aromatic carbocycles. The monoisotopic (exact) mass is 672 g/mol. The summed E-state index contributed by atoms with van der Waals surface area (Å²) in [6.07, 6.45) is 0. The minimum absolute atomic E-state index is 0.122. The zero-order valence-corrected chi connectivity index (χ0v) is 29.8. The second-order valence-electron chi connectivity index (χ2n) is 15.2. The van der Waals surface area contributed by atoms with Gasteiger partial charge in [0.1, 0.15) is 0 Å². The van der Waals surface area contributed by atoms with E-state index in [9.17, 15) is 0 Å². The predicted molar refractivity (Wildman–Crippen MR) is 225 cm³/mol. The van der Waals surface area contributed by atoms with Gasteiger partial charge in [-0.15, -0.1) is 0 Å². The van der Waals surface area contributed by atoms with E-state index in [0.717, 1.165) is 0 Å². The van der Waals surface area contributed by atoms with E-state index in [1.807, 2.05) is 0 Å². The first-order valence-electron chi connectivity index (χ1n) is 18.7. The van der Waals surface area contributed by atoms with Gasteiger partial charge >= 0.3 is 0 Å². The van der Waals surface area contributed by atoms with E-state index in [4.69, 9.17) is 0 Å². The first-order chi connectivity index (χ1) is 26.1. The Morgan fingerprint density at radius 1 is 0.302 bits per heavy atom. The van der Waals surface area contributed by atoms with Crippen molar-refractivity contribution in [2.24, 2.45) is 0 Å². The molecule has 0 nitrogen and oxygen atoms in total. The number of hydrogen-bond donors (Lipinski definition) is 0. The van der Waals surface area contributed by atoms with Crippen molar-refractivity contribution in [3.8, 4) is 77.9 Å². The van der Waals surface area contributed by atoms with Crippen molar-refractivity contribution in [1.82, 2.24) is 0 Å². The molecule has 0 fully saturated rings. The van der Waals surface area contributed by atoms with Crippen LogP contribution in [0.25, 0.3) is 99.4 Å². The van der Waals surface area contributed by atoms with Crippen molar-refractivity contribution in [2.45, 2.75) is 19.3 Å². The van der Waals surface area contributed by atoms with Crippen molar-refractivity contribution in [1.29, 1.82) is 0 Å². The summed E-state index contributed by atoms with van der Waals surface area (Å²) in [5.74, 6) is 0. The molecule has 0 saturated carbocycles. The standard InChI is InChI=1S/C53H36/c1-53(2)46-31-36(33-15-6-3-7-16-33)25-27-40(46)41-28-26-37(32-47(41)53)39-29-38-21-14-24-44-48(38)45(30-39)52-50(35-19-10-5-11-20-35)43-23-13-12-22-42(43)49(51(44)52)34-17-8-4-9-18-34/h3-32H,1-2H3. The van der Waals surface area contributed by atoms with Crippen LogP contribution < -0.4 is 0 Å². The van der Waals surface area contributed by atoms with Crippen LogP contribution in [0.5, 0.6) is 0 Å². The van der Waals surface area contributed by atoms with Crippen molar-refractivity contribution in [2.75, 3.05) is 0 Å². The lowest BCUT2D eigenvalue weighted by molar-refractivity contribution is 0.661. The molecule has 0 heteroatoms. The number of rotatable bonds is 4. The fourth-order valence-corrected chi connectivity index (χ4v) is 9.51. The summed E-state index contributed by atoms with van der Waals surface area (Å²) in [5.41, 5.74) is 20.8. The molecule has 2 aliphatic rings. The molecule has 248 valence electrons. The molecule has 0 N–H and O–H groups in total. The lowest BCUT2D eigenvalue weighted by Crippen LogP contribution is -2.15. The highest BCUT2D eigenvalue weighted by Gasteiger charge is 2.36. The Balaban J connectivity index is 1.15. The summed E-state index contributed by atoms with van der Waals surface area (Å²) in [7, 11) is 0. The zero-order valence-electron chi connectivity index (χ0n) is 29.8. The summed E-state index contributed by atoms with van der Waals surface area (Å²) >= 11 is 0. The first kappa shape index (κ1) is 30.2. The van der Waals surface area contributed by atoms with Gasteiger partial charge in [-0.3, -0.25) is 0 Å². The molecule has 0 radical (unpaired) electrons. The Bertz CT molecular complexity index is 2930. The van der Waals surface area contributed by atoms with Gasteiger partial charge in [0.15, 0.2) is 0 Å². The Morgan fingerprint density at radius 3 is 1.36 bits per heavy atom. The molecular weight excluding hydrogens is 637 g/mol. The van der Waals surface area contributed by atoms with Gasteiger partial charge in [0, 0.05) is 5.41 Å². The molecule has 2 aliphatic carbocycles. The first-order valence-corrected chi connectivity index (χ1v) is 18.7. The molecule has 11 rings (SSSR count). The van der Waals surface area contributed by atoms with Crippen LogP contribution in [0, 0.1) is 0 Å². The third-order valence-corrected chi connectivity index (χ3v) is 12.0. The number of fused-ring (bicyclic) bond motifs is 7. The maximum atomic E-state index is 2.48. The van der Waals surface area contributed by atoms with Gasteiger partial charge in [0.25, 0.3) is 0 Å². The number of benzene rings is 9. The third kappa shape index (κ3) is 4.36. The van der Waals surface area contributed by atoms with E-state index in [2.05, 4.69) is 196 Å². The second kappa shape index (κ2) is 11.2. The minimum Gasteiger partial charge on any atom is -0.0622 e. The zero-order chi connectivity index (χ0) is 35.3. The molecule has 0 unspecified atom stereocenters. The Morgan fingerprint density at radius 2 is 0.792 bits per heavy atom. The normalized spacial score (nSPS) is 13.2. The lowest BCUT2D eigenvalue weighted by atomic mass is 9.80. The van der Waals surface area contributed by atoms with Gasteiger partial charge in [-0.05, 0) is 135 Å². The molecule has 0 amide bonds. The van der Waals surface area contributed by atoms with Gasteiger partial charge in [0.05, 0.1) is 0 Å². The highest BCUT2D eigenvalue weighted by atomic mass is 14.4. The SMILES string of the molecule is CC1(C)c2cc(-c3ccccc3)ccc2-c2ccc(-c3cc4c5c(cccc5c3)-c3c-4c(-c4ccccc4)c4ccccc4c3-c3ccccc3)cc21. The summed E-state index contributed by atoms with van der Waals surface area (Å²) < 4.78 is 0. The van der Waals surface area contributed by atoms with E-state index >= 15 is 0 Å². The number of hydrogen-bond acceptors (Lipinski definition) is 0. The maximum absolute atomic E-state index is 2.48. The molecule has 0 atom stereocenters. The van der Waals surface area contributed by atoms with Crippen LogP contribution in [0.15, 0.2) is 182 Å². The maximum Gasteiger partial charge on any atom is 0.0159 e. The van der Waals surface area contributed by atoms with Crippen LogP contribution in [0.1, 0.15) is 25.0 Å². The third-order valence-electron chi connectivity index (χ3n) is 12.0. The van der Waals surface area contributed by atoms with Gasteiger partial charge < -0.3 is 0 Å². The highest BCUT2D eigenvalue weighted by Crippen LogP contribution is 2.58. The molecule has 0 aromatic heterocycles. The van der Waals surface area contributed by atoms with E-state index in [1.165, 1.54) is 111 Å². The highest BCUT2D eigenvalue weighted by molar-refractivity contribution is 6.28.